The van der Waals surface area contributed by atoms with Gasteiger partial charge >= 0.3 is 0 Å². The van der Waals surface area contributed by atoms with Crippen molar-refractivity contribution in [2.45, 2.75) is 20.8 Å². The molecule has 2 aromatic heterocycles. The van der Waals surface area contributed by atoms with E-state index in [0.717, 1.165) is 26.8 Å². The Bertz CT molecular complexity index is 946. The van der Waals surface area contributed by atoms with Gasteiger partial charge in [-0.3, -0.25) is 4.79 Å². The minimum Gasteiger partial charge on any atom is -0.495 e. The number of aryl methyl sites for hydroxylation is 3. The van der Waals surface area contributed by atoms with E-state index in [1.807, 2.05) is 26.2 Å². The summed E-state index contributed by atoms with van der Waals surface area (Å²) in [5.74, 6) is 0.155. The molecule has 3 N–H and O–H groups in total. The van der Waals surface area contributed by atoms with Crippen LogP contribution < -0.4 is 15.8 Å². The quantitative estimate of drug-likeness (QED) is 0.703. The zero-order valence-electron chi connectivity index (χ0n) is 14.3. The number of amides is 1. The van der Waals surface area contributed by atoms with Crippen LogP contribution in [0.2, 0.25) is 0 Å². The van der Waals surface area contributed by atoms with Gasteiger partial charge in [0.25, 0.3) is 0 Å². The number of carbonyl (C=O) groups excluding carboxylic acids is 1. The summed E-state index contributed by atoms with van der Waals surface area (Å²) in [6.45, 7) is 5.78. The Hall–Kier alpha value is -2.45. The largest absolute Gasteiger partial charge is 0.495 e. The summed E-state index contributed by atoms with van der Waals surface area (Å²) in [6.07, 6.45) is 0. The zero-order valence-corrected chi connectivity index (χ0v) is 16.0. The first-order chi connectivity index (χ1) is 11.9. The van der Waals surface area contributed by atoms with Crippen molar-refractivity contribution < 1.29 is 9.53 Å². The molecule has 0 unspecified atom stereocenters. The van der Waals surface area contributed by atoms with E-state index in [1.54, 1.807) is 30.6 Å². The Kier molecular flexibility index (Phi) is 4.73. The number of primary amides is 1. The van der Waals surface area contributed by atoms with Crippen LogP contribution in [0.3, 0.4) is 0 Å². The van der Waals surface area contributed by atoms with Crippen molar-refractivity contribution >= 4 is 39.4 Å². The number of hydrogen-bond donors (Lipinski definition) is 2. The van der Waals surface area contributed by atoms with Crippen LogP contribution in [0, 0.1) is 20.8 Å². The zero-order chi connectivity index (χ0) is 18.1. The molecular formula is C17H18N4O2S2. The summed E-state index contributed by atoms with van der Waals surface area (Å²) in [5.41, 5.74) is 9.18. The lowest BCUT2D eigenvalue weighted by atomic mass is 10.1. The van der Waals surface area contributed by atoms with Gasteiger partial charge in [0, 0.05) is 10.9 Å². The van der Waals surface area contributed by atoms with Crippen molar-refractivity contribution in [3.63, 3.8) is 0 Å². The second-order valence-corrected chi connectivity index (χ2v) is 7.60. The molecule has 3 rings (SSSR count). The minimum atomic E-state index is -0.473. The highest BCUT2D eigenvalue weighted by atomic mass is 32.1. The van der Waals surface area contributed by atoms with Crippen LogP contribution >= 0.6 is 22.7 Å². The number of nitrogens with zero attached hydrogens (tertiary/aromatic N) is 2. The molecule has 25 heavy (non-hydrogen) atoms. The van der Waals surface area contributed by atoms with Crippen molar-refractivity contribution in [2.75, 3.05) is 12.4 Å². The molecule has 0 atom stereocenters. The molecule has 0 radical (unpaired) electrons. The number of ether oxygens (including phenoxy) is 1. The van der Waals surface area contributed by atoms with Crippen LogP contribution in [0.25, 0.3) is 10.6 Å². The van der Waals surface area contributed by atoms with Crippen LogP contribution in [0.15, 0.2) is 17.5 Å². The molecule has 3 aromatic rings. The van der Waals surface area contributed by atoms with E-state index in [9.17, 15) is 4.79 Å². The van der Waals surface area contributed by atoms with Gasteiger partial charge in [-0.2, -0.15) is 0 Å². The van der Waals surface area contributed by atoms with Crippen LogP contribution in [0.4, 0.5) is 10.8 Å². The maximum atomic E-state index is 11.6. The van der Waals surface area contributed by atoms with Gasteiger partial charge in [-0.25, -0.2) is 9.97 Å². The number of carbonyl (C=O) groups is 1. The first kappa shape index (κ1) is 17.4. The first-order valence-electron chi connectivity index (χ1n) is 7.54. The van der Waals surface area contributed by atoms with Gasteiger partial charge in [0.2, 0.25) is 5.91 Å². The summed E-state index contributed by atoms with van der Waals surface area (Å²) in [5, 5.41) is 6.93. The Morgan fingerprint density at radius 3 is 2.60 bits per heavy atom. The van der Waals surface area contributed by atoms with Gasteiger partial charge in [-0.1, -0.05) is 0 Å². The molecule has 8 heteroatoms. The van der Waals surface area contributed by atoms with E-state index in [2.05, 4.69) is 15.3 Å². The van der Waals surface area contributed by atoms with Crippen LogP contribution in [0.1, 0.15) is 26.6 Å². The van der Waals surface area contributed by atoms with Crippen LogP contribution in [-0.4, -0.2) is 23.0 Å². The monoisotopic (exact) mass is 374 g/mol. The molecule has 1 amide bonds. The molecule has 0 bridgehead atoms. The van der Waals surface area contributed by atoms with Gasteiger partial charge in [-0.05, 0) is 38.5 Å². The van der Waals surface area contributed by atoms with Crippen molar-refractivity contribution in [1.29, 1.82) is 0 Å². The van der Waals surface area contributed by atoms with E-state index >= 15 is 0 Å². The average molecular weight is 374 g/mol. The maximum Gasteiger partial charge on any atom is 0.249 e. The topological polar surface area (TPSA) is 90.1 Å². The Morgan fingerprint density at radius 2 is 2.00 bits per heavy atom. The molecule has 2 heterocycles. The second-order valence-electron chi connectivity index (χ2n) is 5.54. The van der Waals surface area contributed by atoms with Crippen LogP contribution in [-0.2, 0) is 0 Å². The first-order valence-corrected chi connectivity index (χ1v) is 9.24. The predicted octanol–water partition coefficient (Wildman–Crippen LogP) is 4.04. The fraction of sp³-hybridized carbons (Fsp3) is 0.235. The number of benzene rings is 1. The second kappa shape index (κ2) is 6.81. The number of nitrogens with one attached hydrogen (secondary N) is 1. The lowest BCUT2D eigenvalue weighted by molar-refractivity contribution is 0.0999. The van der Waals surface area contributed by atoms with Gasteiger partial charge in [-0.15, -0.1) is 22.7 Å². The number of nitrogens with two attached hydrogens (primary N) is 1. The number of rotatable bonds is 5. The predicted molar refractivity (Wildman–Crippen MR) is 102 cm³/mol. The van der Waals surface area contributed by atoms with Crippen LogP contribution in [0.5, 0.6) is 5.75 Å². The van der Waals surface area contributed by atoms with E-state index in [0.29, 0.717) is 22.1 Å². The third kappa shape index (κ3) is 3.49. The molecule has 0 saturated heterocycles. The lowest BCUT2D eigenvalue weighted by Crippen LogP contribution is -2.13. The molecule has 0 aliphatic heterocycles. The summed E-state index contributed by atoms with van der Waals surface area (Å²) in [4.78, 5) is 21.7. The average Bonchev–Trinajstić information content (AvgIpc) is 3.14. The maximum absolute atomic E-state index is 11.6. The number of hydrogen-bond acceptors (Lipinski definition) is 7. The summed E-state index contributed by atoms with van der Waals surface area (Å²) >= 11 is 3.10. The molecule has 6 nitrogen and oxygen atoms in total. The molecule has 0 fully saturated rings. The minimum absolute atomic E-state index is 0.453. The van der Waals surface area contributed by atoms with Gasteiger partial charge in [0.05, 0.1) is 34.1 Å². The van der Waals surface area contributed by atoms with Gasteiger partial charge < -0.3 is 15.8 Å². The molecule has 0 aliphatic rings. The Balaban J connectivity index is 1.94. The summed E-state index contributed by atoms with van der Waals surface area (Å²) in [6, 6.07) is 3.48. The van der Waals surface area contributed by atoms with Gasteiger partial charge in [0.1, 0.15) is 5.75 Å². The highest BCUT2D eigenvalue weighted by Crippen LogP contribution is 2.35. The normalized spacial score (nSPS) is 10.7. The summed E-state index contributed by atoms with van der Waals surface area (Å²) in [7, 11) is 1.58. The van der Waals surface area contributed by atoms with Crippen molar-refractivity contribution in [3.05, 3.63) is 39.3 Å². The van der Waals surface area contributed by atoms with Crippen molar-refractivity contribution in [1.82, 2.24) is 9.97 Å². The van der Waals surface area contributed by atoms with Gasteiger partial charge in [0.15, 0.2) is 5.13 Å². The third-order valence-corrected chi connectivity index (χ3v) is 5.55. The number of methoxy groups -OCH3 is 1. The molecule has 130 valence electrons. The molecule has 1 aromatic carbocycles. The van der Waals surface area contributed by atoms with E-state index in [-0.39, 0.29) is 0 Å². The number of anilines is 2. The summed E-state index contributed by atoms with van der Waals surface area (Å²) < 4.78 is 5.40. The molecule has 0 saturated carbocycles. The van der Waals surface area contributed by atoms with Crippen molar-refractivity contribution in [3.8, 4) is 16.3 Å². The fourth-order valence-corrected chi connectivity index (χ4v) is 4.20. The van der Waals surface area contributed by atoms with E-state index < -0.39 is 5.91 Å². The van der Waals surface area contributed by atoms with E-state index in [1.165, 1.54) is 11.3 Å². The lowest BCUT2D eigenvalue weighted by Gasteiger charge is -2.12. The smallest absolute Gasteiger partial charge is 0.249 e. The highest BCUT2D eigenvalue weighted by molar-refractivity contribution is 7.16. The molecular weight excluding hydrogens is 356 g/mol. The standard InChI is InChI=1S/C17H18N4O2S2/c1-8-5-14(23-4)12(6-11(8)16(18)22)20-17-21-13(7-24-17)15-9(2)19-10(3)25-15/h5-7H,1-4H3,(H2,18,22)(H,20,21). The SMILES string of the molecule is COc1cc(C)c(C(N)=O)cc1Nc1nc(-c2sc(C)nc2C)cs1. The third-order valence-electron chi connectivity index (χ3n) is 3.69. The number of thiazole rings is 2. The molecule has 0 spiro atoms. The number of aromatic nitrogens is 2. The van der Waals surface area contributed by atoms with Crippen molar-refractivity contribution in [2.24, 2.45) is 5.73 Å². The Labute approximate surface area is 153 Å². The fourth-order valence-electron chi connectivity index (χ4n) is 2.53. The highest BCUT2D eigenvalue weighted by Gasteiger charge is 2.15. The molecule has 0 aliphatic carbocycles. The Morgan fingerprint density at radius 1 is 1.24 bits per heavy atom. The van der Waals surface area contributed by atoms with E-state index in [4.69, 9.17) is 10.5 Å².